The Balaban J connectivity index is 1.48. The van der Waals surface area contributed by atoms with E-state index in [1.807, 2.05) is 41.3 Å². The van der Waals surface area contributed by atoms with Crippen LogP contribution in [0.5, 0.6) is 0 Å². The van der Waals surface area contributed by atoms with E-state index in [1.165, 1.54) is 0 Å². The molecule has 3 heterocycles. The Bertz CT molecular complexity index is 860. The number of carbonyl (C=O) groups excluding carboxylic acids is 1. The lowest BCUT2D eigenvalue weighted by atomic mass is 9.89. The summed E-state index contributed by atoms with van der Waals surface area (Å²) in [6.45, 7) is 1.38. The summed E-state index contributed by atoms with van der Waals surface area (Å²) in [6, 6.07) is 13.8. The molecule has 1 aromatic carbocycles. The van der Waals surface area contributed by atoms with Gasteiger partial charge in [-0.2, -0.15) is 5.26 Å². The number of hydrogen-bond acceptors (Lipinski definition) is 4. The van der Waals surface area contributed by atoms with Gasteiger partial charge < -0.3 is 9.64 Å². The number of pyridine rings is 1. The topological polar surface area (TPSA) is 66.2 Å². The summed E-state index contributed by atoms with van der Waals surface area (Å²) < 4.78 is 6.31. The van der Waals surface area contributed by atoms with Gasteiger partial charge in [0.25, 0.3) is 5.91 Å². The Labute approximate surface area is 153 Å². The van der Waals surface area contributed by atoms with Gasteiger partial charge in [0.05, 0.1) is 29.8 Å². The molecule has 4 rings (SSSR count). The van der Waals surface area contributed by atoms with Crippen molar-refractivity contribution in [3.05, 3.63) is 42.1 Å². The number of para-hydroxylation sites is 1. The van der Waals surface area contributed by atoms with Crippen LogP contribution in [0.3, 0.4) is 0 Å². The zero-order valence-electron chi connectivity index (χ0n) is 14.9. The van der Waals surface area contributed by atoms with Crippen molar-refractivity contribution in [1.82, 2.24) is 9.88 Å². The number of amides is 1. The second-order valence-corrected chi connectivity index (χ2v) is 7.38. The van der Waals surface area contributed by atoms with Crippen LogP contribution in [0.25, 0.3) is 10.9 Å². The third kappa shape index (κ3) is 3.30. The monoisotopic (exact) mass is 349 g/mol. The molecular weight excluding hydrogens is 326 g/mol. The van der Waals surface area contributed by atoms with E-state index in [-0.39, 0.29) is 17.6 Å². The summed E-state index contributed by atoms with van der Waals surface area (Å²) in [6.07, 6.45) is 5.37. The fourth-order valence-electron chi connectivity index (χ4n) is 4.24. The summed E-state index contributed by atoms with van der Waals surface area (Å²) >= 11 is 0. The number of nitrogens with zero attached hydrogens (tertiary/aromatic N) is 3. The van der Waals surface area contributed by atoms with Gasteiger partial charge in [0, 0.05) is 18.4 Å². The molecule has 2 aliphatic rings. The van der Waals surface area contributed by atoms with Crippen molar-refractivity contribution >= 4 is 16.8 Å². The minimum atomic E-state index is -0.231. The largest absolute Gasteiger partial charge is 0.370 e. The zero-order chi connectivity index (χ0) is 18.0. The standard InChI is InChI=1S/C21H23N3O2/c22-13-3-6-17-10-12-21(26-17)11-4-14-24(15-21)20(25)19-9-8-16-5-1-2-7-18(16)23-19/h1-2,5,7-9,17H,3-4,6,10-12,14-15H2/t17-,21-/m0/s1. The molecule has 0 radical (unpaired) electrons. The second kappa shape index (κ2) is 7.05. The number of carbonyl (C=O) groups is 1. The van der Waals surface area contributed by atoms with E-state index >= 15 is 0 Å². The third-order valence-corrected chi connectivity index (χ3v) is 5.56. The number of hydrogen-bond donors (Lipinski definition) is 0. The Hall–Kier alpha value is -2.45. The fraction of sp³-hybridized carbons (Fsp3) is 0.476. The summed E-state index contributed by atoms with van der Waals surface area (Å²) in [5.74, 6) is -0.0149. The molecule has 1 amide bonds. The van der Waals surface area contributed by atoms with Gasteiger partial charge in [0.15, 0.2) is 0 Å². The van der Waals surface area contributed by atoms with Crippen molar-refractivity contribution in [2.24, 2.45) is 0 Å². The van der Waals surface area contributed by atoms with Gasteiger partial charge in [-0.25, -0.2) is 4.98 Å². The first-order chi connectivity index (χ1) is 12.7. The number of benzene rings is 1. The highest BCUT2D eigenvalue weighted by atomic mass is 16.5. The average molecular weight is 349 g/mol. The fourth-order valence-corrected chi connectivity index (χ4v) is 4.24. The molecule has 2 fully saturated rings. The molecule has 2 saturated heterocycles. The highest BCUT2D eigenvalue weighted by Crippen LogP contribution is 2.39. The quantitative estimate of drug-likeness (QED) is 0.847. The van der Waals surface area contributed by atoms with Gasteiger partial charge in [-0.3, -0.25) is 4.79 Å². The van der Waals surface area contributed by atoms with Crippen molar-refractivity contribution in [1.29, 1.82) is 5.26 Å². The van der Waals surface area contributed by atoms with Crippen LogP contribution in [0.2, 0.25) is 0 Å². The van der Waals surface area contributed by atoms with Crippen LogP contribution in [-0.4, -0.2) is 40.6 Å². The molecule has 134 valence electrons. The van der Waals surface area contributed by atoms with Crippen molar-refractivity contribution in [3.8, 4) is 6.07 Å². The summed E-state index contributed by atoms with van der Waals surface area (Å²) in [5.41, 5.74) is 1.11. The van der Waals surface area contributed by atoms with Gasteiger partial charge >= 0.3 is 0 Å². The number of piperidine rings is 1. The minimum Gasteiger partial charge on any atom is -0.370 e. The van der Waals surface area contributed by atoms with E-state index in [4.69, 9.17) is 10.00 Å². The predicted molar refractivity (Wildman–Crippen MR) is 98.6 cm³/mol. The van der Waals surface area contributed by atoms with Crippen LogP contribution >= 0.6 is 0 Å². The van der Waals surface area contributed by atoms with E-state index < -0.39 is 0 Å². The van der Waals surface area contributed by atoms with Gasteiger partial charge in [0.2, 0.25) is 0 Å². The van der Waals surface area contributed by atoms with Crippen molar-refractivity contribution < 1.29 is 9.53 Å². The van der Waals surface area contributed by atoms with E-state index in [1.54, 1.807) is 0 Å². The highest BCUT2D eigenvalue weighted by Gasteiger charge is 2.44. The van der Waals surface area contributed by atoms with Crippen LogP contribution in [0.4, 0.5) is 0 Å². The first kappa shape index (κ1) is 17.0. The molecule has 1 aromatic heterocycles. The Morgan fingerprint density at radius 1 is 1.31 bits per heavy atom. The molecule has 0 bridgehead atoms. The Kier molecular flexibility index (Phi) is 4.60. The lowest BCUT2D eigenvalue weighted by Gasteiger charge is -2.40. The second-order valence-electron chi connectivity index (χ2n) is 7.38. The first-order valence-electron chi connectivity index (χ1n) is 9.39. The van der Waals surface area contributed by atoms with Crippen LogP contribution < -0.4 is 0 Å². The molecule has 2 aliphatic heterocycles. The van der Waals surface area contributed by atoms with Crippen LogP contribution in [0, 0.1) is 11.3 Å². The number of aromatic nitrogens is 1. The molecule has 5 heteroatoms. The molecule has 26 heavy (non-hydrogen) atoms. The molecule has 0 aliphatic carbocycles. The molecule has 0 unspecified atom stereocenters. The van der Waals surface area contributed by atoms with Crippen molar-refractivity contribution in [2.75, 3.05) is 13.1 Å². The number of likely N-dealkylation sites (tertiary alicyclic amines) is 1. The van der Waals surface area contributed by atoms with Gasteiger partial charge in [-0.15, -0.1) is 0 Å². The molecule has 0 N–H and O–H groups in total. The van der Waals surface area contributed by atoms with Crippen molar-refractivity contribution in [3.63, 3.8) is 0 Å². The maximum atomic E-state index is 13.0. The Morgan fingerprint density at radius 2 is 2.19 bits per heavy atom. The number of nitriles is 1. The molecule has 5 nitrogen and oxygen atoms in total. The Morgan fingerprint density at radius 3 is 3.08 bits per heavy atom. The van der Waals surface area contributed by atoms with Crippen LogP contribution in [0.15, 0.2) is 36.4 Å². The third-order valence-electron chi connectivity index (χ3n) is 5.56. The van der Waals surface area contributed by atoms with Gasteiger partial charge in [-0.1, -0.05) is 24.3 Å². The predicted octanol–water partition coefficient (Wildman–Crippen LogP) is 3.69. The molecule has 0 saturated carbocycles. The summed E-state index contributed by atoms with van der Waals surface area (Å²) in [5, 5.41) is 9.82. The minimum absolute atomic E-state index is 0.0149. The van der Waals surface area contributed by atoms with E-state index in [2.05, 4.69) is 11.1 Å². The van der Waals surface area contributed by atoms with E-state index in [0.29, 0.717) is 18.7 Å². The van der Waals surface area contributed by atoms with Crippen molar-refractivity contribution in [2.45, 2.75) is 50.2 Å². The zero-order valence-corrected chi connectivity index (χ0v) is 14.9. The first-order valence-corrected chi connectivity index (χ1v) is 9.39. The smallest absolute Gasteiger partial charge is 0.272 e. The van der Waals surface area contributed by atoms with Crippen LogP contribution in [0.1, 0.15) is 49.0 Å². The van der Waals surface area contributed by atoms with Gasteiger partial charge in [0.1, 0.15) is 5.69 Å². The summed E-state index contributed by atoms with van der Waals surface area (Å²) in [7, 11) is 0. The highest BCUT2D eigenvalue weighted by molar-refractivity contribution is 5.95. The van der Waals surface area contributed by atoms with E-state index in [0.717, 1.165) is 49.6 Å². The normalized spacial score (nSPS) is 25.5. The number of fused-ring (bicyclic) bond motifs is 1. The average Bonchev–Trinajstić information content (AvgIpc) is 3.07. The van der Waals surface area contributed by atoms with E-state index in [9.17, 15) is 4.79 Å². The summed E-state index contributed by atoms with van der Waals surface area (Å²) in [4.78, 5) is 19.5. The number of rotatable bonds is 3. The molecular formula is C21H23N3O2. The SMILES string of the molecule is N#CCC[C@H]1CC[C@]2(CCCN(C(=O)c3ccc4ccccc4n3)C2)O1. The molecule has 2 atom stereocenters. The van der Waals surface area contributed by atoms with Crippen LogP contribution in [-0.2, 0) is 4.74 Å². The maximum Gasteiger partial charge on any atom is 0.272 e. The molecule has 1 spiro atoms. The maximum absolute atomic E-state index is 13.0. The molecule has 2 aromatic rings. The lowest BCUT2D eigenvalue weighted by Crippen LogP contribution is -2.50. The van der Waals surface area contributed by atoms with Gasteiger partial charge in [-0.05, 0) is 44.2 Å². The number of ether oxygens (including phenoxy) is 1. The lowest BCUT2D eigenvalue weighted by molar-refractivity contribution is -0.0782.